The topological polar surface area (TPSA) is 128 Å². The van der Waals surface area contributed by atoms with E-state index in [2.05, 4.69) is 130 Å². The molecule has 6 aromatic heterocycles. The highest BCUT2D eigenvalue weighted by molar-refractivity contribution is 7.37. The first-order chi connectivity index (χ1) is 54.6. The summed E-state index contributed by atoms with van der Waals surface area (Å²) in [4.78, 5) is 37.7. The molecule has 0 radical (unpaired) electrons. The van der Waals surface area contributed by atoms with Gasteiger partial charge in [-0.1, -0.05) is 202 Å². The molecule has 16 rings (SSSR count). The second kappa shape index (κ2) is 31.8. The number of carbonyl (C=O) groups excluding carboxylic acids is 2. The molecule has 0 saturated carbocycles. The van der Waals surface area contributed by atoms with E-state index in [0.29, 0.717) is 21.3 Å². The Balaban J connectivity index is 0.936. The number of allylic oxidation sites excluding steroid dienone is 6. The summed E-state index contributed by atoms with van der Waals surface area (Å²) in [5.74, 6) is -4.69. The van der Waals surface area contributed by atoms with Crippen LogP contribution in [0.2, 0.25) is 0 Å². The molecule has 0 unspecified atom stereocenters. The molecule has 18 heteroatoms. The molecule has 8 nitrogen and oxygen atoms in total. The van der Waals surface area contributed by atoms with Crippen LogP contribution >= 0.6 is 68.0 Å². The van der Waals surface area contributed by atoms with Gasteiger partial charge in [0.25, 0.3) is 5.70 Å². The quantitative estimate of drug-likeness (QED) is 0.0174. The zero-order valence-corrected chi connectivity index (χ0v) is 67.3. The summed E-state index contributed by atoms with van der Waals surface area (Å²) in [6.45, 7) is 16.9. The van der Waals surface area contributed by atoms with E-state index in [-0.39, 0.29) is 44.5 Å². The highest BCUT2D eigenvalue weighted by atomic mass is 32.1. The van der Waals surface area contributed by atoms with Crippen LogP contribution in [-0.4, -0.2) is 11.6 Å². The van der Waals surface area contributed by atoms with Gasteiger partial charge in [-0.2, -0.15) is 10.5 Å². The monoisotopic (exact) mass is 1590 g/mol. The number of nitriles is 3. The molecule has 2 aliphatic carbocycles. The third kappa shape index (κ3) is 13.2. The maximum absolute atomic E-state index is 15.2. The first-order valence-electron chi connectivity index (χ1n) is 38.7. The lowest BCUT2D eigenvalue weighted by Gasteiger charge is -2.39. The smallest absolute Gasteiger partial charge is 0.270 e. The number of carbonyl (C=O) groups is 2. The molecular formula is C94H76F4N4O4S6. The van der Waals surface area contributed by atoms with Crippen molar-refractivity contribution in [1.82, 2.24) is 0 Å². The van der Waals surface area contributed by atoms with E-state index in [1.54, 1.807) is 57.5 Å². The summed E-state index contributed by atoms with van der Waals surface area (Å²) in [6.07, 6.45) is 24.7. The molecule has 4 aliphatic rings. The summed E-state index contributed by atoms with van der Waals surface area (Å²) in [6, 6.07) is 48.8. The van der Waals surface area contributed by atoms with Crippen molar-refractivity contribution >= 4 is 131 Å². The first kappa shape index (κ1) is 75.9. The van der Waals surface area contributed by atoms with E-state index < -0.39 is 57.3 Å². The summed E-state index contributed by atoms with van der Waals surface area (Å²) in [5.41, 5.74) is 6.40. The summed E-state index contributed by atoms with van der Waals surface area (Å²) in [7, 11) is 0. The number of hydrogen-bond donors (Lipinski definition) is 0. The Morgan fingerprint density at radius 2 is 0.741 bits per heavy atom. The Hall–Kier alpha value is -10.1. The minimum absolute atomic E-state index is 0.00520. The number of nitrogens with zero attached hydrogens (tertiary/aromatic N) is 4. The highest BCUT2D eigenvalue weighted by Gasteiger charge is 2.53. The number of benzene rings is 6. The maximum atomic E-state index is 15.2. The molecule has 0 N–H and O–H groups in total. The molecule has 2 aliphatic heterocycles. The molecule has 0 spiro atoms. The van der Waals surface area contributed by atoms with E-state index in [4.69, 9.17) is 16.0 Å². The average Bonchev–Trinajstić information content (AvgIpc) is 1.50. The van der Waals surface area contributed by atoms with E-state index in [1.807, 2.05) is 30.3 Å². The van der Waals surface area contributed by atoms with Crippen molar-refractivity contribution in [1.29, 1.82) is 15.8 Å². The number of ketones is 2. The van der Waals surface area contributed by atoms with Gasteiger partial charge in [0, 0.05) is 86.0 Å². The van der Waals surface area contributed by atoms with Crippen LogP contribution in [0.1, 0.15) is 228 Å². The number of Topliss-reactive ketones (excluding diaryl/α,β-unsaturated/α-hetero) is 2. The van der Waals surface area contributed by atoms with Gasteiger partial charge in [-0.05, 0) is 133 Å². The second-order valence-electron chi connectivity index (χ2n) is 29.4. The number of unbranched alkanes of at least 4 members (excludes halogenated alkanes) is 12. The van der Waals surface area contributed by atoms with Gasteiger partial charge < -0.3 is 9.47 Å². The molecule has 0 amide bonds. The Morgan fingerprint density at radius 3 is 1.06 bits per heavy atom. The van der Waals surface area contributed by atoms with Crippen molar-refractivity contribution < 1.29 is 36.6 Å². The maximum Gasteiger partial charge on any atom is 0.270 e. The predicted octanol–water partition coefficient (Wildman–Crippen LogP) is 27.8. The van der Waals surface area contributed by atoms with Gasteiger partial charge >= 0.3 is 0 Å². The van der Waals surface area contributed by atoms with Crippen LogP contribution in [0.15, 0.2) is 156 Å². The Morgan fingerprint density at radius 1 is 0.411 bits per heavy atom. The Labute approximate surface area is 673 Å². The van der Waals surface area contributed by atoms with Crippen molar-refractivity contribution in [3.8, 4) is 49.2 Å². The molecule has 8 heterocycles. The number of thiophene rings is 6. The van der Waals surface area contributed by atoms with Gasteiger partial charge in [0.1, 0.15) is 17.7 Å². The van der Waals surface area contributed by atoms with Crippen LogP contribution in [-0.2, 0) is 36.9 Å². The third-order valence-electron chi connectivity index (χ3n) is 22.2. The Bertz CT molecular complexity index is 5590. The van der Waals surface area contributed by atoms with Crippen molar-refractivity contribution in [2.24, 2.45) is 0 Å². The number of ether oxygens (including phenoxy) is 2. The summed E-state index contributed by atoms with van der Waals surface area (Å²) in [5, 5.41) is 31.1. The lowest BCUT2D eigenvalue weighted by atomic mass is 9.78. The van der Waals surface area contributed by atoms with Crippen LogP contribution in [0.4, 0.5) is 17.6 Å². The van der Waals surface area contributed by atoms with Gasteiger partial charge in [-0.3, -0.25) is 9.59 Å². The fourth-order valence-electron chi connectivity index (χ4n) is 16.5. The van der Waals surface area contributed by atoms with E-state index >= 15 is 17.6 Å². The van der Waals surface area contributed by atoms with Crippen LogP contribution in [0.3, 0.4) is 0 Å². The predicted molar refractivity (Wildman–Crippen MR) is 450 cm³/mol. The van der Waals surface area contributed by atoms with E-state index in [1.165, 1.54) is 44.9 Å². The van der Waals surface area contributed by atoms with Crippen molar-refractivity contribution in [3.05, 3.63) is 278 Å². The molecule has 560 valence electrons. The van der Waals surface area contributed by atoms with E-state index in [9.17, 15) is 25.4 Å². The molecular weight excluding hydrogens is 1520 g/mol. The van der Waals surface area contributed by atoms with Crippen LogP contribution in [0.25, 0.3) is 75.9 Å². The third-order valence-corrected chi connectivity index (χ3v) is 29.8. The van der Waals surface area contributed by atoms with Gasteiger partial charge in [-0.15, -0.1) is 68.0 Å². The van der Waals surface area contributed by atoms with Crippen molar-refractivity contribution in [3.63, 3.8) is 0 Å². The van der Waals surface area contributed by atoms with Gasteiger partial charge in [0.15, 0.2) is 57.5 Å². The summed E-state index contributed by atoms with van der Waals surface area (Å²) >= 11 is 9.40. The van der Waals surface area contributed by atoms with Gasteiger partial charge in [-0.25, -0.2) is 27.7 Å². The molecule has 0 fully saturated rings. The zero-order valence-electron chi connectivity index (χ0n) is 62.4. The van der Waals surface area contributed by atoms with Gasteiger partial charge in [0.05, 0.1) is 50.9 Å². The van der Waals surface area contributed by atoms with Crippen LogP contribution < -0.4 is 9.47 Å². The minimum Gasteiger partial charge on any atom is -0.470 e. The number of halogens is 4. The minimum atomic E-state index is -1.32. The van der Waals surface area contributed by atoms with E-state index in [0.717, 1.165) is 234 Å². The number of rotatable bonds is 26. The molecule has 0 bridgehead atoms. The normalized spacial score (nSPS) is 15.4. The molecule has 6 aromatic carbocycles. The number of aryl methyl sites for hydroxylation is 4. The average molecular weight is 1590 g/mol. The lowest BCUT2D eigenvalue weighted by molar-refractivity contribution is 0.103. The Kier molecular flexibility index (Phi) is 21.6. The zero-order chi connectivity index (χ0) is 77.7. The molecule has 112 heavy (non-hydrogen) atoms. The summed E-state index contributed by atoms with van der Waals surface area (Å²) < 4.78 is 82.4. The molecule has 12 aromatic rings. The van der Waals surface area contributed by atoms with Gasteiger partial charge in [0.2, 0.25) is 0 Å². The van der Waals surface area contributed by atoms with Crippen molar-refractivity contribution in [2.45, 2.75) is 167 Å². The largest absolute Gasteiger partial charge is 0.470 e. The van der Waals surface area contributed by atoms with Crippen LogP contribution in [0, 0.1) is 63.8 Å². The SMILES string of the molecule is [C-]#[N+]/C(C#N)=C1\C(=C/c2cc3sc4c(c3s2)C(c2ccc(CCCCCC)cc2)(c2ccc(CCCCCC)cc2)Oc2c-4sc3c4c(sc23)-c2sc3cc(/C=C5/C(=O)c6cc(F)c(F)cc6C5=C(C#N)C#N)sc3c2C(c2ccc(CCCCCC)cc2)(c2ccc(CCCCCC)cc2)O4)C(=O)c2cc(F)c(F)cc21. The fraction of sp³-hybridized carbons (Fsp3) is 0.277. The number of hydrogen-bond acceptors (Lipinski definition) is 13. The molecule has 0 saturated heterocycles. The van der Waals surface area contributed by atoms with Crippen LogP contribution in [0.5, 0.6) is 11.5 Å². The lowest BCUT2D eigenvalue weighted by Crippen LogP contribution is -2.38. The first-order valence-corrected chi connectivity index (χ1v) is 43.6. The standard InChI is InChI=1S/C94H76F4N4O4S6/c1-6-10-14-18-22-53-26-34-58(35-27-53)93(59-36-28-54(29-37-59)23-19-15-11-7-2)79-85-75(44-62(107-85)42-68-77(57(50-99)51-100)64-46-70(95)72(97)48-66(64)81(68)103)109-87(79)89-83(105-93)91-92(111-89)84-90(112-91)88-80(86-76(110-88)45-63(108-86)43-69-78(74(52-101)102-5)65-47-71(96)73(98)49-67(65)82(69)104)94(106-84,60-38-30-55(31-39-60)24-20-16-12-8-3)61-40-32-56(33-41-61)25-21-17-13-9-4/h26-49H,6-25H2,1-4H3/b68-42+,69-43+,78-74-. The second-order valence-corrected chi connectivity index (χ2v) is 35.7. The highest BCUT2D eigenvalue weighted by Crippen LogP contribution is 2.69. The number of fused-ring (bicyclic) bond motifs is 15. The molecule has 0 atom stereocenters. The fourth-order valence-corrected chi connectivity index (χ4v) is 24.8. The van der Waals surface area contributed by atoms with Crippen molar-refractivity contribution in [2.75, 3.05) is 0 Å².